The molecule has 0 unspecified atom stereocenters. The average Bonchev–Trinajstić information content (AvgIpc) is 3.24. The predicted octanol–water partition coefficient (Wildman–Crippen LogP) is -0.456. The molecule has 0 amide bonds. The number of benzene rings is 1. The van der Waals surface area contributed by atoms with E-state index in [2.05, 4.69) is 35.7 Å². The van der Waals surface area contributed by atoms with Crippen LogP contribution in [0.5, 0.6) is 0 Å². The third kappa shape index (κ3) is 2.07. The second-order valence-electron chi connectivity index (χ2n) is 4.96. The number of aromatic nitrogens is 8. The average molecular weight is 346 g/mol. The highest BCUT2D eigenvalue weighted by molar-refractivity contribution is 7.91. The number of fused-ring (bicyclic) bond motifs is 3. The molecule has 0 spiro atoms. The van der Waals surface area contributed by atoms with E-state index >= 15 is 0 Å². The lowest BCUT2D eigenvalue weighted by Crippen LogP contribution is -2.17. The second-order valence-corrected chi connectivity index (χ2v) is 7.24. The summed E-state index contributed by atoms with van der Waals surface area (Å²) in [5.74, 6) is 0.296. The fraction of sp³-hybridized carbons (Fsp3) is 0.167. The molecule has 2 N–H and O–H groups in total. The molecule has 24 heavy (non-hydrogen) atoms. The van der Waals surface area contributed by atoms with Crippen LogP contribution in [0.2, 0.25) is 0 Å². The fourth-order valence-electron chi connectivity index (χ4n) is 2.33. The number of hydrogen-bond acceptors (Lipinski definition) is 8. The van der Waals surface area contributed by atoms with E-state index in [1.165, 1.54) is 18.2 Å². The van der Waals surface area contributed by atoms with Crippen molar-refractivity contribution in [2.75, 3.05) is 5.75 Å². The molecular formula is C12H10N8O3S. The molecule has 3 aromatic heterocycles. The largest absolute Gasteiger partial charge is 0.348 e. The number of rotatable bonds is 3. The van der Waals surface area contributed by atoms with Gasteiger partial charge in [-0.15, -0.1) is 10.2 Å². The van der Waals surface area contributed by atoms with Gasteiger partial charge < -0.3 is 4.98 Å². The monoisotopic (exact) mass is 346 g/mol. The van der Waals surface area contributed by atoms with Crippen LogP contribution in [0.3, 0.4) is 0 Å². The topological polar surface area (TPSA) is 152 Å². The van der Waals surface area contributed by atoms with Crippen molar-refractivity contribution in [1.29, 1.82) is 0 Å². The first-order valence-electron chi connectivity index (χ1n) is 6.89. The predicted molar refractivity (Wildman–Crippen MR) is 82.0 cm³/mol. The van der Waals surface area contributed by atoms with Gasteiger partial charge in [0.05, 0.1) is 16.2 Å². The number of aromatic amines is 2. The fourth-order valence-corrected chi connectivity index (χ4v) is 3.23. The van der Waals surface area contributed by atoms with E-state index in [1.807, 2.05) is 0 Å². The lowest BCUT2D eigenvalue weighted by atomic mass is 10.2. The Kier molecular flexibility index (Phi) is 2.96. The van der Waals surface area contributed by atoms with E-state index in [0.29, 0.717) is 10.9 Å². The minimum absolute atomic E-state index is 0.0280. The van der Waals surface area contributed by atoms with E-state index in [9.17, 15) is 13.2 Å². The van der Waals surface area contributed by atoms with E-state index in [1.54, 1.807) is 6.92 Å². The molecular weight excluding hydrogens is 336 g/mol. The molecule has 4 aromatic rings. The first-order valence-corrected chi connectivity index (χ1v) is 8.54. The Hall–Kier alpha value is -3.15. The summed E-state index contributed by atoms with van der Waals surface area (Å²) >= 11 is 0. The van der Waals surface area contributed by atoms with Crippen LogP contribution in [0.1, 0.15) is 6.92 Å². The van der Waals surface area contributed by atoms with Crippen LogP contribution in [-0.4, -0.2) is 54.4 Å². The number of tetrazole rings is 1. The molecule has 0 atom stereocenters. The summed E-state index contributed by atoms with van der Waals surface area (Å²) in [5.41, 5.74) is 0.167. The molecule has 3 heterocycles. The van der Waals surface area contributed by atoms with Crippen molar-refractivity contribution in [2.45, 2.75) is 11.8 Å². The molecule has 0 aliphatic carbocycles. The standard InChI is InChI=1S/C12H10N8O3S/c1-2-24(22,23)6-3-4-8-7(5-6)11-14-9(10-15-18-19-16-10)17-20(11)12(21)13-8/h3-5H,2H2,1H3,(H,13,21)(H,15,16,18,19). The molecule has 0 aliphatic heterocycles. The molecule has 0 bridgehead atoms. The van der Waals surface area contributed by atoms with Crippen molar-refractivity contribution in [3.05, 3.63) is 28.7 Å². The van der Waals surface area contributed by atoms with Gasteiger partial charge in [0.2, 0.25) is 11.6 Å². The van der Waals surface area contributed by atoms with Gasteiger partial charge in [0.1, 0.15) is 0 Å². The number of hydrogen-bond donors (Lipinski definition) is 2. The Morgan fingerprint density at radius 3 is 2.83 bits per heavy atom. The van der Waals surface area contributed by atoms with Crippen molar-refractivity contribution in [2.24, 2.45) is 0 Å². The van der Waals surface area contributed by atoms with Gasteiger partial charge in [-0.1, -0.05) is 6.92 Å². The van der Waals surface area contributed by atoms with Crippen LogP contribution in [0.15, 0.2) is 27.9 Å². The minimum Gasteiger partial charge on any atom is -0.305 e. The highest BCUT2D eigenvalue weighted by atomic mass is 32.2. The van der Waals surface area contributed by atoms with Crippen molar-refractivity contribution in [1.82, 2.24) is 40.2 Å². The molecule has 0 aliphatic rings. The summed E-state index contributed by atoms with van der Waals surface area (Å²) in [6.07, 6.45) is 0. The van der Waals surface area contributed by atoms with Crippen LogP contribution in [0, 0.1) is 0 Å². The molecule has 0 saturated carbocycles. The van der Waals surface area contributed by atoms with E-state index in [-0.39, 0.29) is 27.9 Å². The number of nitrogens with zero attached hydrogens (tertiary/aromatic N) is 6. The summed E-state index contributed by atoms with van der Waals surface area (Å²) in [6.45, 7) is 1.56. The van der Waals surface area contributed by atoms with Gasteiger partial charge in [-0.05, 0) is 28.6 Å². The lowest BCUT2D eigenvalue weighted by Gasteiger charge is -2.04. The molecule has 12 heteroatoms. The first kappa shape index (κ1) is 14.4. The van der Waals surface area contributed by atoms with Crippen LogP contribution in [0.4, 0.5) is 0 Å². The summed E-state index contributed by atoms with van der Waals surface area (Å²) in [4.78, 5) is 19.2. The van der Waals surface area contributed by atoms with E-state index in [0.717, 1.165) is 4.52 Å². The zero-order valence-electron chi connectivity index (χ0n) is 12.3. The van der Waals surface area contributed by atoms with Crippen molar-refractivity contribution in [3.63, 3.8) is 0 Å². The SMILES string of the molecule is CCS(=O)(=O)c1ccc2[nH]c(=O)n3nc(-c4nnn[nH]4)nc3c2c1. The zero-order chi connectivity index (χ0) is 16.9. The Morgan fingerprint density at radius 2 is 2.12 bits per heavy atom. The summed E-state index contributed by atoms with van der Waals surface area (Å²) in [7, 11) is -3.39. The van der Waals surface area contributed by atoms with Gasteiger partial charge in [-0.3, -0.25) is 0 Å². The minimum atomic E-state index is -3.39. The number of sulfone groups is 1. The third-order valence-corrected chi connectivity index (χ3v) is 5.30. The Labute approximate surface area is 133 Å². The highest BCUT2D eigenvalue weighted by Crippen LogP contribution is 2.22. The zero-order valence-corrected chi connectivity index (χ0v) is 13.1. The van der Waals surface area contributed by atoms with Crippen LogP contribution >= 0.6 is 0 Å². The maximum Gasteiger partial charge on any atom is 0.348 e. The summed E-state index contributed by atoms with van der Waals surface area (Å²) in [6, 6.07) is 4.45. The summed E-state index contributed by atoms with van der Waals surface area (Å²) in [5, 5.41) is 17.6. The summed E-state index contributed by atoms with van der Waals surface area (Å²) < 4.78 is 25.2. The molecule has 1 aromatic carbocycles. The Balaban J connectivity index is 2.08. The van der Waals surface area contributed by atoms with Gasteiger partial charge in [0.15, 0.2) is 15.5 Å². The molecule has 122 valence electrons. The van der Waals surface area contributed by atoms with Crippen LogP contribution < -0.4 is 5.69 Å². The van der Waals surface area contributed by atoms with Gasteiger partial charge >= 0.3 is 5.69 Å². The van der Waals surface area contributed by atoms with Crippen LogP contribution in [-0.2, 0) is 9.84 Å². The molecule has 4 rings (SSSR count). The Bertz CT molecular complexity index is 1220. The first-order chi connectivity index (χ1) is 11.5. The normalized spacial score (nSPS) is 12.2. The molecule has 0 radical (unpaired) electrons. The molecule has 11 nitrogen and oxygen atoms in total. The maximum atomic E-state index is 12.1. The van der Waals surface area contributed by atoms with Crippen LogP contribution in [0.25, 0.3) is 28.2 Å². The molecule has 0 saturated heterocycles. The Morgan fingerprint density at radius 1 is 1.29 bits per heavy atom. The maximum absolute atomic E-state index is 12.1. The van der Waals surface area contributed by atoms with Crippen molar-refractivity contribution < 1.29 is 8.42 Å². The van der Waals surface area contributed by atoms with E-state index < -0.39 is 15.5 Å². The van der Waals surface area contributed by atoms with E-state index in [4.69, 9.17) is 0 Å². The lowest BCUT2D eigenvalue weighted by molar-refractivity contribution is 0.597. The van der Waals surface area contributed by atoms with Gasteiger partial charge in [-0.25, -0.2) is 23.3 Å². The third-order valence-electron chi connectivity index (χ3n) is 3.57. The second kappa shape index (κ2) is 4.92. The van der Waals surface area contributed by atoms with Crippen molar-refractivity contribution in [3.8, 4) is 11.6 Å². The van der Waals surface area contributed by atoms with Gasteiger partial charge in [0, 0.05) is 5.39 Å². The van der Waals surface area contributed by atoms with Gasteiger partial charge in [0.25, 0.3) is 0 Å². The van der Waals surface area contributed by atoms with Crippen molar-refractivity contribution >= 4 is 26.4 Å². The van der Waals surface area contributed by atoms with Gasteiger partial charge in [-0.2, -0.15) is 4.52 Å². The molecule has 0 fully saturated rings. The highest BCUT2D eigenvalue weighted by Gasteiger charge is 2.17. The number of H-pyrrole nitrogens is 2. The number of nitrogens with one attached hydrogen (secondary N) is 2. The quantitative estimate of drug-likeness (QED) is 0.506. The smallest absolute Gasteiger partial charge is 0.305 e.